The molecule has 0 bridgehead atoms. The van der Waals surface area contributed by atoms with E-state index in [0.29, 0.717) is 11.3 Å². The van der Waals surface area contributed by atoms with E-state index in [0.717, 1.165) is 11.3 Å². The minimum absolute atomic E-state index is 0.0739. The number of carbonyl (C=O) groups is 2. The molecule has 0 fully saturated rings. The summed E-state index contributed by atoms with van der Waals surface area (Å²) in [6.07, 6.45) is 0. The van der Waals surface area contributed by atoms with Crippen LogP contribution in [0.15, 0.2) is 59.6 Å². The van der Waals surface area contributed by atoms with Gasteiger partial charge in [-0.2, -0.15) is 10.1 Å². The van der Waals surface area contributed by atoms with Gasteiger partial charge in [-0.3, -0.25) is 19.7 Å². The molecule has 0 aliphatic heterocycles. The summed E-state index contributed by atoms with van der Waals surface area (Å²) in [5.41, 5.74) is 0.848. The molecule has 8 nitrogen and oxygen atoms in total. The highest BCUT2D eigenvalue weighted by atomic mass is 32.1. The number of carbonyl (C=O) groups excluding carboxylic acids is 2. The molecule has 130 valence electrons. The fourth-order valence-corrected chi connectivity index (χ4v) is 3.09. The van der Waals surface area contributed by atoms with Gasteiger partial charge in [0.05, 0.1) is 10.6 Å². The Kier molecular flexibility index (Phi) is 4.81. The first kappa shape index (κ1) is 17.4. The van der Waals surface area contributed by atoms with Crippen molar-refractivity contribution in [2.45, 2.75) is 6.92 Å². The number of ketones is 1. The first-order valence-corrected chi connectivity index (χ1v) is 8.27. The maximum atomic E-state index is 12.6. The number of amides is 1. The van der Waals surface area contributed by atoms with Crippen molar-refractivity contribution in [3.63, 3.8) is 0 Å². The van der Waals surface area contributed by atoms with Gasteiger partial charge >= 0.3 is 0 Å². The SMILES string of the molecule is CC(=O)N=c1sc(C(=O)c2ccccc2)nn1-c1ccc([N+](=O)[O-])cc1. The Morgan fingerprint density at radius 2 is 1.77 bits per heavy atom. The van der Waals surface area contributed by atoms with E-state index in [4.69, 9.17) is 0 Å². The minimum Gasteiger partial charge on any atom is -0.286 e. The Morgan fingerprint density at radius 1 is 1.12 bits per heavy atom. The number of hydrogen-bond donors (Lipinski definition) is 0. The Bertz CT molecular complexity index is 1050. The molecule has 0 unspecified atom stereocenters. The van der Waals surface area contributed by atoms with E-state index < -0.39 is 10.8 Å². The van der Waals surface area contributed by atoms with Gasteiger partial charge in [0.15, 0.2) is 5.01 Å². The van der Waals surface area contributed by atoms with Gasteiger partial charge < -0.3 is 0 Å². The predicted molar refractivity (Wildman–Crippen MR) is 94.2 cm³/mol. The molecule has 9 heteroatoms. The molecule has 0 N–H and O–H groups in total. The molecule has 0 saturated carbocycles. The smallest absolute Gasteiger partial charge is 0.269 e. The van der Waals surface area contributed by atoms with E-state index >= 15 is 0 Å². The van der Waals surface area contributed by atoms with Crippen LogP contribution in [0.3, 0.4) is 0 Å². The van der Waals surface area contributed by atoms with Crippen molar-refractivity contribution >= 4 is 28.7 Å². The molecule has 0 spiro atoms. The topological polar surface area (TPSA) is 107 Å². The maximum absolute atomic E-state index is 12.6. The monoisotopic (exact) mass is 368 g/mol. The molecular formula is C17H12N4O4S. The van der Waals surface area contributed by atoms with Crippen molar-refractivity contribution in [2.24, 2.45) is 4.99 Å². The summed E-state index contributed by atoms with van der Waals surface area (Å²) in [6.45, 7) is 1.29. The van der Waals surface area contributed by atoms with E-state index in [2.05, 4.69) is 10.1 Å². The third kappa shape index (κ3) is 3.62. The van der Waals surface area contributed by atoms with E-state index in [9.17, 15) is 19.7 Å². The number of hydrogen-bond acceptors (Lipinski definition) is 6. The minimum atomic E-state index is -0.513. The predicted octanol–water partition coefficient (Wildman–Crippen LogP) is 2.52. The number of nitrogens with zero attached hydrogens (tertiary/aromatic N) is 4. The van der Waals surface area contributed by atoms with Crippen LogP contribution in [0.4, 0.5) is 5.69 Å². The van der Waals surface area contributed by atoms with E-state index in [-0.39, 0.29) is 21.3 Å². The van der Waals surface area contributed by atoms with Gasteiger partial charge in [-0.25, -0.2) is 4.68 Å². The summed E-state index contributed by atoms with van der Waals surface area (Å²) in [4.78, 5) is 38.4. The second-order valence-electron chi connectivity index (χ2n) is 5.20. The zero-order valence-corrected chi connectivity index (χ0v) is 14.3. The maximum Gasteiger partial charge on any atom is 0.269 e. The van der Waals surface area contributed by atoms with Crippen molar-refractivity contribution in [2.75, 3.05) is 0 Å². The molecule has 1 aromatic heterocycles. The molecule has 1 amide bonds. The molecule has 0 atom stereocenters. The molecule has 2 aromatic carbocycles. The van der Waals surface area contributed by atoms with Gasteiger partial charge in [-0.1, -0.05) is 41.7 Å². The number of non-ortho nitro benzene ring substituents is 1. The molecule has 0 saturated heterocycles. The van der Waals surface area contributed by atoms with Crippen molar-refractivity contribution < 1.29 is 14.5 Å². The Balaban J connectivity index is 2.10. The summed E-state index contributed by atoms with van der Waals surface area (Å²) in [6, 6.07) is 14.2. The van der Waals surface area contributed by atoms with Crippen molar-refractivity contribution in [1.29, 1.82) is 0 Å². The van der Waals surface area contributed by atoms with Crippen molar-refractivity contribution in [3.8, 4) is 5.69 Å². The second kappa shape index (κ2) is 7.19. The summed E-state index contributed by atoms with van der Waals surface area (Å²) in [5, 5.41) is 15.2. The molecule has 3 rings (SSSR count). The third-order valence-electron chi connectivity index (χ3n) is 3.35. The summed E-state index contributed by atoms with van der Waals surface area (Å²) in [7, 11) is 0. The van der Waals surface area contributed by atoms with E-state index in [1.807, 2.05) is 0 Å². The van der Waals surface area contributed by atoms with Crippen LogP contribution in [0.2, 0.25) is 0 Å². The zero-order chi connectivity index (χ0) is 18.7. The number of aromatic nitrogens is 2. The van der Waals surface area contributed by atoms with Gasteiger partial charge in [0.1, 0.15) is 0 Å². The lowest BCUT2D eigenvalue weighted by molar-refractivity contribution is -0.384. The molecule has 0 aliphatic rings. The van der Waals surface area contributed by atoms with Crippen LogP contribution in [0, 0.1) is 10.1 Å². The Hall–Kier alpha value is -3.46. The first-order chi connectivity index (χ1) is 12.5. The van der Waals surface area contributed by atoms with Crippen LogP contribution in [-0.4, -0.2) is 26.4 Å². The van der Waals surface area contributed by atoms with Crippen molar-refractivity contribution in [1.82, 2.24) is 9.78 Å². The third-order valence-corrected chi connectivity index (χ3v) is 4.26. The van der Waals surface area contributed by atoms with Crippen LogP contribution >= 0.6 is 11.3 Å². The van der Waals surface area contributed by atoms with Gasteiger partial charge in [-0.05, 0) is 12.1 Å². The number of nitro groups is 1. The molecule has 3 aromatic rings. The van der Waals surface area contributed by atoms with Gasteiger partial charge in [-0.15, -0.1) is 0 Å². The largest absolute Gasteiger partial charge is 0.286 e. The highest BCUT2D eigenvalue weighted by Gasteiger charge is 2.17. The van der Waals surface area contributed by atoms with E-state index in [1.165, 1.54) is 35.9 Å². The zero-order valence-electron chi connectivity index (χ0n) is 13.5. The number of nitro benzene ring substituents is 1. The summed E-state index contributed by atoms with van der Waals surface area (Å²) < 4.78 is 1.33. The molecule has 26 heavy (non-hydrogen) atoms. The number of benzene rings is 2. The lowest BCUT2D eigenvalue weighted by atomic mass is 10.1. The molecular weight excluding hydrogens is 356 g/mol. The lowest BCUT2D eigenvalue weighted by Gasteiger charge is -2.00. The van der Waals surface area contributed by atoms with Gasteiger partial charge in [0.2, 0.25) is 16.5 Å². The average molecular weight is 368 g/mol. The van der Waals surface area contributed by atoms with E-state index in [1.54, 1.807) is 30.3 Å². The van der Waals surface area contributed by atoms with Crippen LogP contribution in [0.5, 0.6) is 0 Å². The van der Waals surface area contributed by atoms with Gasteiger partial charge in [0, 0.05) is 24.6 Å². The Labute approximate surface area is 151 Å². The molecule has 0 aliphatic carbocycles. The molecule has 1 heterocycles. The van der Waals surface area contributed by atoms with Crippen molar-refractivity contribution in [3.05, 3.63) is 80.1 Å². The highest BCUT2D eigenvalue weighted by Crippen LogP contribution is 2.16. The van der Waals surface area contributed by atoms with Gasteiger partial charge in [0.25, 0.3) is 5.69 Å². The molecule has 0 radical (unpaired) electrons. The standard InChI is InChI=1S/C17H12N4O4S/c1-11(22)18-17-20(13-7-9-14(10-8-13)21(24)25)19-16(26-17)15(23)12-5-3-2-4-6-12/h2-10H,1H3. The Morgan fingerprint density at radius 3 is 2.35 bits per heavy atom. The van der Waals surface area contributed by atoms with Crippen LogP contribution in [0.25, 0.3) is 5.69 Å². The quantitative estimate of drug-likeness (QED) is 0.399. The fraction of sp³-hybridized carbons (Fsp3) is 0.0588. The van der Waals surface area contributed by atoms with Crippen LogP contribution < -0.4 is 4.80 Å². The summed E-state index contributed by atoms with van der Waals surface area (Å²) >= 11 is 0.977. The first-order valence-electron chi connectivity index (χ1n) is 7.46. The van der Waals surface area contributed by atoms with Crippen LogP contribution in [0.1, 0.15) is 22.3 Å². The second-order valence-corrected chi connectivity index (χ2v) is 6.16. The van der Waals surface area contributed by atoms with Crippen LogP contribution in [-0.2, 0) is 4.79 Å². The average Bonchev–Trinajstić information content (AvgIpc) is 3.05. The normalized spacial score (nSPS) is 11.3. The number of rotatable bonds is 4. The lowest BCUT2D eigenvalue weighted by Crippen LogP contribution is -2.16. The summed E-state index contributed by atoms with van der Waals surface area (Å²) in [5.74, 6) is -0.737. The highest BCUT2D eigenvalue weighted by molar-refractivity contribution is 7.11. The fourth-order valence-electron chi connectivity index (χ4n) is 2.18.